The minimum atomic E-state index is -3.38. The average Bonchev–Trinajstić information content (AvgIpc) is 2.45. The second-order valence-corrected chi connectivity index (χ2v) is 7.23. The summed E-state index contributed by atoms with van der Waals surface area (Å²) in [6.45, 7) is 0.454. The van der Waals surface area contributed by atoms with Crippen molar-refractivity contribution in [3.05, 3.63) is 29.8 Å². The van der Waals surface area contributed by atoms with Crippen LogP contribution >= 0.6 is 0 Å². The smallest absolute Gasteiger partial charge is 0.254 e. The number of carbonyl (C=O) groups excluding carboxylic acids is 2. The van der Waals surface area contributed by atoms with Crippen molar-refractivity contribution in [1.82, 2.24) is 4.90 Å². The molecule has 6 nitrogen and oxygen atoms in total. The van der Waals surface area contributed by atoms with Crippen LogP contribution in [0.5, 0.6) is 0 Å². The van der Waals surface area contributed by atoms with E-state index in [0.29, 0.717) is 13.0 Å². The summed E-state index contributed by atoms with van der Waals surface area (Å²) in [7, 11) is -3.38. The zero-order chi connectivity index (χ0) is 15.6. The number of piperidine rings is 1. The van der Waals surface area contributed by atoms with Gasteiger partial charge in [-0.2, -0.15) is 0 Å². The lowest BCUT2D eigenvalue weighted by atomic mass is 10.0. The number of primary amides is 1. The summed E-state index contributed by atoms with van der Waals surface area (Å²) in [6.07, 6.45) is 3.29. The Kier molecular flexibility index (Phi) is 4.32. The third-order valence-electron chi connectivity index (χ3n) is 3.60. The van der Waals surface area contributed by atoms with Crippen LogP contribution in [0.4, 0.5) is 0 Å². The van der Waals surface area contributed by atoms with E-state index in [1.807, 2.05) is 0 Å². The van der Waals surface area contributed by atoms with E-state index in [4.69, 9.17) is 5.73 Å². The zero-order valence-electron chi connectivity index (χ0n) is 11.8. The highest BCUT2D eigenvalue weighted by atomic mass is 32.2. The third-order valence-corrected chi connectivity index (χ3v) is 4.71. The number of carbonyl (C=O) groups is 2. The maximum absolute atomic E-state index is 12.5. The van der Waals surface area contributed by atoms with Gasteiger partial charge in [0.15, 0.2) is 9.84 Å². The van der Waals surface area contributed by atoms with Crippen molar-refractivity contribution in [3.8, 4) is 0 Å². The van der Waals surface area contributed by atoms with Crippen molar-refractivity contribution >= 4 is 21.7 Å². The largest absolute Gasteiger partial charge is 0.368 e. The van der Waals surface area contributed by atoms with Gasteiger partial charge in [0, 0.05) is 18.4 Å². The number of nitrogens with zero attached hydrogens (tertiary/aromatic N) is 1. The Morgan fingerprint density at radius 1 is 1.29 bits per heavy atom. The zero-order valence-corrected chi connectivity index (χ0v) is 12.6. The molecule has 0 radical (unpaired) electrons. The summed E-state index contributed by atoms with van der Waals surface area (Å²) in [5.41, 5.74) is 5.60. The van der Waals surface area contributed by atoms with Gasteiger partial charge in [-0.25, -0.2) is 8.42 Å². The van der Waals surface area contributed by atoms with Gasteiger partial charge in [-0.15, -0.1) is 0 Å². The fourth-order valence-electron chi connectivity index (χ4n) is 2.50. The Labute approximate surface area is 123 Å². The molecule has 0 spiro atoms. The molecular weight excluding hydrogens is 292 g/mol. The molecular formula is C14H18N2O4S. The third kappa shape index (κ3) is 3.41. The maximum Gasteiger partial charge on any atom is 0.254 e. The summed E-state index contributed by atoms with van der Waals surface area (Å²) < 4.78 is 23.1. The van der Waals surface area contributed by atoms with Crippen molar-refractivity contribution in [1.29, 1.82) is 0 Å². The fraction of sp³-hybridized carbons (Fsp3) is 0.429. The molecule has 0 aromatic heterocycles. The van der Waals surface area contributed by atoms with E-state index in [-0.39, 0.29) is 16.4 Å². The molecule has 2 amide bonds. The fourth-order valence-corrected chi connectivity index (χ4v) is 3.16. The lowest BCUT2D eigenvalue weighted by Crippen LogP contribution is -2.50. The van der Waals surface area contributed by atoms with Gasteiger partial charge >= 0.3 is 0 Å². The molecule has 0 saturated carbocycles. The van der Waals surface area contributed by atoms with E-state index in [0.717, 1.165) is 19.1 Å². The molecule has 1 fully saturated rings. The molecule has 1 atom stereocenters. The first-order valence-electron chi connectivity index (χ1n) is 6.71. The number of sulfone groups is 1. The Morgan fingerprint density at radius 3 is 2.62 bits per heavy atom. The summed E-state index contributed by atoms with van der Waals surface area (Å²) in [4.78, 5) is 25.5. The van der Waals surface area contributed by atoms with Gasteiger partial charge in [0.25, 0.3) is 5.91 Å². The number of nitrogens with two attached hydrogens (primary N) is 1. The predicted octanol–water partition coefficient (Wildman–Crippen LogP) is 0.570. The van der Waals surface area contributed by atoms with Gasteiger partial charge < -0.3 is 10.6 Å². The van der Waals surface area contributed by atoms with Crippen molar-refractivity contribution in [3.63, 3.8) is 0 Å². The molecule has 2 N–H and O–H groups in total. The van der Waals surface area contributed by atoms with E-state index in [1.54, 1.807) is 6.07 Å². The SMILES string of the molecule is CS(=O)(=O)c1cccc(C(=O)N2CCCCC2C(N)=O)c1. The first kappa shape index (κ1) is 15.5. The molecule has 1 aromatic carbocycles. The van der Waals surface area contributed by atoms with Crippen molar-refractivity contribution in [2.75, 3.05) is 12.8 Å². The molecule has 1 unspecified atom stereocenters. The number of hydrogen-bond acceptors (Lipinski definition) is 4. The average molecular weight is 310 g/mol. The molecule has 7 heteroatoms. The predicted molar refractivity (Wildman–Crippen MR) is 77.4 cm³/mol. The van der Waals surface area contributed by atoms with Gasteiger partial charge in [0.05, 0.1) is 4.90 Å². The molecule has 1 saturated heterocycles. The van der Waals surface area contributed by atoms with Crippen LogP contribution in [0.2, 0.25) is 0 Å². The molecule has 1 aliphatic heterocycles. The van der Waals surface area contributed by atoms with E-state index >= 15 is 0 Å². The summed E-state index contributed by atoms with van der Waals surface area (Å²) in [5, 5.41) is 0. The highest BCUT2D eigenvalue weighted by Crippen LogP contribution is 2.21. The molecule has 2 rings (SSSR count). The Hall–Kier alpha value is -1.89. The lowest BCUT2D eigenvalue weighted by Gasteiger charge is -2.33. The van der Waals surface area contributed by atoms with Crippen LogP contribution in [0, 0.1) is 0 Å². The normalized spacial score (nSPS) is 19.3. The van der Waals surface area contributed by atoms with Crippen LogP contribution in [0.1, 0.15) is 29.6 Å². The van der Waals surface area contributed by atoms with Gasteiger partial charge in [-0.3, -0.25) is 9.59 Å². The standard InChI is InChI=1S/C14H18N2O4S/c1-21(19,20)11-6-4-5-10(9-11)14(18)16-8-3-2-7-12(16)13(15)17/h4-6,9,12H,2-3,7-8H2,1H3,(H2,15,17). The van der Waals surface area contributed by atoms with E-state index < -0.39 is 21.8 Å². The van der Waals surface area contributed by atoms with Crippen LogP contribution in [0.15, 0.2) is 29.2 Å². The Balaban J connectivity index is 2.33. The maximum atomic E-state index is 12.5. The van der Waals surface area contributed by atoms with Crippen molar-refractivity contribution < 1.29 is 18.0 Å². The molecule has 114 valence electrons. The van der Waals surface area contributed by atoms with Gasteiger partial charge in [-0.05, 0) is 37.5 Å². The monoisotopic (exact) mass is 310 g/mol. The molecule has 1 aromatic rings. The second kappa shape index (κ2) is 5.85. The molecule has 0 bridgehead atoms. The first-order valence-corrected chi connectivity index (χ1v) is 8.60. The highest BCUT2D eigenvalue weighted by molar-refractivity contribution is 7.90. The topological polar surface area (TPSA) is 97.5 Å². The van der Waals surface area contributed by atoms with Gasteiger partial charge in [-0.1, -0.05) is 6.07 Å². The number of hydrogen-bond donors (Lipinski definition) is 1. The number of benzene rings is 1. The minimum Gasteiger partial charge on any atom is -0.368 e. The Morgan fingerprint density at radius 2 is 2.00 bits per heavy atom. The van der Waals surface area contributed by atoms with Crippen LogP contribution in [-0.2, 0) is 14.6 Å². The molecule has 0 aliphatic carbocycles. The highest BCUT2D eigenvalue weighted by Gasteiger charge is 2.31. The van der Waals surface area contributed by atoms with Crippen molar-refractivity contribution in [2.24, 2.45) is 5.73 Å². The Bertz CT molecular complexity index is 669. The molecule has 1 aliphatic rings. The second-order valence-electron chi connectivity index (χ2n) is 5.21. The minimum absolute atomic E-state index is 0.0842. The van der Waals surface area contributed by atoms with Crippen molar-refractivity contribution in [2.45, 2.75) is 30.2 Å². The van der Waals surface area contributed by atoms with E-state index in [1.165, 1.54) is 23.1 Å². The van der Waals surface area contributed by atoms with Crippen LogP contribution < -0.4 is 5.73 Å². The quantitative estimate of drug-likeness (QED) is 0.882. The van der Waals surface area contributed by atoms with Gasteiger partial charge in [0.1, 0.15) is 6.04 Å². The molecule has 21 heavy (non-hydrogen) atoms. The van der Waals surface area contributed by atoms with E-state index in [9.17, 15) is 18.0 Å². The van der Waals surface area contributed by atoms with E-state index in [2.05, 4.69) is 0 Å². The van der Waals surface area contributed by atoms with Crippen LogP contribution in [-0.4, -0.2) is 44.0 Å². The summed E-state index contributed by atoms with van der Waals surface area (Å²) in [6, 6.07) is 5.22. The number of rotatable bonds is 3. The summed E-state index contributed by atoms with van der Waals surface area (Å²) in [5.74, 6) is -0.883. The first-order chi connectivity index (χ1) is 9.80. The van der Waals surface area contributed by atoms with Crippen LogP contribution in [0.25, 0.3) is 0 Å². The van der Waals surface area contributed by atoms with Crippen LogP contribution in [0.3, 0.4) is 0 Å². The molecule has 1 heterocycles. The summed E-state index contributed by atoms with van der Waals surface area (Å²) >= 11 is 0. The number of likely N-dealkylation sites (tertiary alicyclic amines) is 1. The number of amides is 2. The lowest BCUT2D eigenvalue weighted by molar-refractivity contribution is -0.123. The van der Waals surface area contributed by atoms with Gasteiger partial charge in [0.2, 0.25) is 5.91 Å².